The van der Waals surface area contributed by atoms with E-state index in [1.165, 1.54) is 10.4 Å². The molecule has 1 N–H and O–H groups in total. The second-order valence-corrected chi connectivity index (χ2v) is 7.70. The molecule has 0 saturated carbocycles. The third-order valence-corrected chi connectivity index (χ3v) is 5.83. The summed E-state index contributed by atoms with van der Waals surface area (Å²) in [6, 6.07) is 5.86. The van der Waals surface area contributed by atoms with Gasteiger partial charge in [-0.1, -0.05) is 6.07 Å². The first-order chi connectivity index (χ1) is 14.1. The number of benzene rings is 1. The number of aromatic nitrogens is 4. The van der Waals surface area contributed by atoms with E-state index < -0.39 is 0 Å². The van der Waals surface area contributed by atoms with Gasteiger partial charge in [-0.05, 0) is 37.1 Å². The van der Waals surface area contributed by atoms with Crippen LogP contribution in [0, 0.1) is 13.8 Å². The summed E-state index contributed by atoms with van der Waals surface area (Å²) in [5.74, 6) is 2.74. The first kappa shape index (κ1) is 19.1. The van der Waals surface area contributed by atoms with Crippen molar-refractivity contribution in [3.8, 4) is 23.0 Å². The van der Waals surface area contributed by atoms with Crippen molar-refractivity contribution in [2.75, 3.05) is 19.5 Å². The fourth-order valence-electron chi connectivity index (χ4n) is 3.08. The molecule has 0 aliphatic carbocycles. The summed E-state index contributed by atoms with van der Waals surface area (Å²) in [4.78, 5) is 20.1. The summed E-state index contributed by atoms with van der Waals surface area (Å²) in [7, 11) is 3.26. The molecule has 0 atom stereocenters. The minimum absolute atomic E-state index is 0.557. The molecule has 0 fully saturated rings. The number of anilines is 1. The van der Waals surface area contributed by atoms with E-state index in [0.717, 1.165) is 21.6 Å². The molecule has 0 aliphatic rings. The molecule has 8 heteroatoms. The molecule has 4 aromatic rings. The number of rotatable bonds is 6. The highest BCUT2D eigenvalue weighted by Gasteiger charge is 2.16. The molecule has 1 aromatic carbocycles. The summed E-state index contributed by atoms with van der Waals surface area (Å²) in [6.07, 6.45) is 4.95. The van der Waals surface area contributed by atoms with E-state index in [-0.39, 0.29) is 0 Å². The first-order valence-electron chi connectivity index (χ1n) is 9.09. The van der Waals surface area contributed by atoms with Crippen LogP contribution in [0.2, 0.25) is 0 Å². The fraction of sp³-hybridized carbons (Fsp3) is 0.238. The number of hydrogen-bond donors (Lipinski definition) is 1. The van der Waals surface area contributed by atoms with Gasteiger partial charge in [-0.3, -0.25) is 4.98 Å². The minimum atomic E-state index is 0.557. The molecule has 4 rings (SSSR count). The number of ether oxygens (including phenoxy) is 2. The normalized spacial score (nSPS) is 10.9. The Bertz CT molecular complexity index is 1160. The van der Waals surface area contributed by atoms with Crippen molar-refractivity contribution in [3.63, 3.8) is 0 Å². The van der Waals surface area contributed by atoms with E-state index in [1.54, 1.807) is 44.1 Å². The quantitative estimate of drug-likeness (QED) is 0.507. The largest absolute Gasteiger partial charge is 0.493 e. The van der Waals surface area contributed by atoms with Gasteiger partial charge in [-0.15, -0.1) is 11.3 Å². The Labute approximate surface area is 172 Å². The molecule has 29 heavy (non-hydrogen) atoms. The van der Waals surface area contributed by atoms with Gasteiger partial charge in [0.25, 0.3) is 0 Å². The Hall–Kier alpha value is -3.26. The third-order valence-electron chi connectivity index (χ3n) is 4.73. The Morgan fingerprint density at radius 2 is 1.86 bits per heavy atom. The van der Waals surface area contributed by atoms with Gasteiger partial charge in [-0.2, -0.15) is 0 Å². The maximum absolute atomic E-state index is 5.41. The van der Waals surface area contributed by atoms with Gasteiger partial charge in [0.1, 0.15) is 16.3 Å². The topological polar surface area (TPSA) is 82.0 Å². The van der Waals surface area contributed by atoms with Crippen molar-refractivity contribution in [2.24, 2.45) is 0 Å². The van der Waals surface area contributed by atoms with Crippen LogP contribution in [-0.4, -0.2) is 34.2 Å². The van der Waals surface area contributed by atoms with Gasteiger partial charge < -0.3 is 14.8 Å². The summed E-state index contributed by atoms with van der Waals surface area (Å²) in [5, 5.41) is 4.51. The number of aryl methyl sites for hydroxylation is 2. The number of hydrogen-bond acceptors (Lipinski definition) is 8. The molecular formula is C21H21N5O2S. The maximum atomic E-state index is 5.41. The highest BCUT2D eigenvalue weighted by molar-refractivity contribution is 7.18. The standard InChI is InChI=1S/C21H21N5O2S/c1-12-13(2)29-21-18(12)20(25-19(26-21)15-11-22-7-8-23-15)24-10-14-5-6-16(27-3)17(9-14)28-4/h5-9,11H,10H2,1-4H3,(H,24,25,26). The van der Waals surface area contributed by atoms with Crippen LogP contribution in [0.25, 0.3) is 21.7 Å². The molecule has 3 aromatic heterocycles. The lowest BCUT2D eigenvalue weighted by molar-refractivity contribution is 0.354. The lowest BCUT2D eigenvalue weighted by atomic mass is 10.2. The van der Waals surface area contributed by atoms with E-state index >= 15 is 0 Å². The van der Waals surface area contributed by atoms with Crippen LogP contribution in [0.4, 0.5) is 5.82 Å². The lowest BCUT2D eigenvalue weighted by Crippen LogP contribution is -2.05. The van der Waals surface area contributed by atoms with Crippen molar-refractivity contribution in [1.82, 2.24) is 19.9 Å². The number of methoxy groups -OCH3 is 2. The van der Waals surface area contributed by atoms with Gasteiger partial charge in [0, 0.05) is 23.8 Å². The molecule has 7 nitrogen and oxygen atoms in total. The van der Waals surface area contributed by atoms with Gasteiger partial charge in [0.15, 0.2) is 17.3 Å². The van der Waals surface area contributed by atoms with Gasteiger partial charge in [0.2, 0.25) is 0 Å². The highest BCUT2D eigenvalue weighted by Crippen LogP contribution is 2.35. The summed E-state index contributed by atoms with van der Waals surface area (Å²) in [5.41, 5.74) is 2.89. The van der Waals surface area contributed by atoms with E-state index in [1.807, 2.05) is 18.2 Å². The minimum Gasteiger partial charge on any atom is -0.493 e. The van der Waals surface area contributed by atoms with Gasteiger partial charge in [0.05, 0.1) is 25.8 Å². The SMILES string of the molecule is COc1ccc(CNc2nc(-c3cnccn3)nc3sc(C)c(C)c23)cc1OC. The molecule has 0 unspecified atom stereocenters. The second kappa shape index (κ2) is 8.00. The van der Waals surface area contributed by atoms with Gasteiger partial charge in [-0.25, -0.2) is 15.0 Å². The third kappa shape index (κ3) is 3.71. The van der Waals surface area contributed by atoms with E-state index in [4.69, 9.17) is 19.4 Å². The predicted molar refractivity (Wildman–Crippen MR) is 115 cm³/mol. The smallest absolute Gasteiger partial charge is 0.183 e. The van der Waals surface area contributed by atoms with Crippen molar-refractivity contribution >= 4 is 27.4 Å². The maximum Gasteiger partial charge on any atom is 0.183 e. The number of nitrogens with one attached hydrogen (secondary N) is 1. The van der Waals surface area contributed by atoms with Crippen LogP contribution in [0.5, 0.6) is 11.5 Å². The van der Waals surface area contributed by atoms with Crippen LogP contribution in [-0.2, 0) is 6.54 Å². The highest BCUT2D eigenvalue weighted by atomic mass is 32.1. The van der Waals surface area contributed by atoms with Crippen LogP contribution < -0.4 is 14.8 Å². The zero-order chi connectivity index (χ0) is 20.4. The number of nitrogens with zero attached hydrogens (tertiary/aromatic N) is 4. The molecule has 148 valence electrons. The van der Waals surface area contributed by atoms with Crippen LogP contribution >= 0.6 is 11.3 Å². The van der Waals surface area contributed by atoms with Crippen molar-refractivity contribution < 1.29 is 9.47 Å². The molecule has 0 radical (unpaired) electrons. The molecule has 0 spiro atoms. The van der Waals surface area contributed by atoms with Crippen LogP contribution in [0.1, 0.15) is 16.0 Å². The van der Waals surface area contributed by atoms with Gasteiger partial charge >= 0.3 is 0 Å². The zero-order valence-corrected chi connectivity index (χ0v) is 17.5. The molecule has 0 amide bonds. The monoisotopic (exact) mass is 407 g/mol. The first-order valence-corrected chi connectivity index (χ1v) is 9.91. The number of thiophene rings is 1. The average Bonchev–Trinajstić information content (AvgIpc) is 3.06. The second-order valence-electron chi connectivity index (χ2n) is 6.49. The van der Waals surface area contributed by atoms with Crippen molar-refractivity contribution in [3.05, 3.63) is 52.8 Å². The summed E-state index contributed by atoms with van der Waals surface area (Å²) < 4.78 is 10.7. The summed E-state index contributed by atoms with van der Waals surface area (Å²) >= 11 is 1.66. The Kier molecular flexibility index (Phi) is 5.26. The van der Waals surface area contributed by atoms with Crippen molar-refractivity contribution in [2.45, 2.75) is 20.4 Å². The van der Waals surface area contributed by atoms with E-state index in [2.05, 4.69) is 29.1 Å². The Balaban J connectivity index is 1.72. The summed E-state index contributed by atoms with van der Waals surface area (Å²) in [6.45, 7) is 4.78. The molecule has 0 aliphatic heterocycles. The molecule has 0 saturated heterocycles. The Morgan fingerprint density at radius 1 is 1.03 bits per heavy atom. The molecule has 0 bridgehead atoms. The van der Waals surface area contributed by atoms with E-state index in [0.29, 0.717) is 29.6 Å². The predicted octanol–water partition coefficient (Wildman–Crippen LogP) is 4.39. The number of fused-ring (bicyclic) bond motifs is 1. The van der Waals surface area contributed by atoms with Crippen LogP contribution in [0.15, 0.2) is 36.8 Å². The zero-order valence-electron chi connectivity index (χ0n) is 16.7. The van der Waals surface area contributed by atoms with Crippen LogP contribution in [0.3, 0.4) is 0 Å². The molecular weight excluding hydrogens is 386 g/mol. The average molecular weight is 407 g/mol. The Morgan fingerprint density at radius 3 is 2.59 bits per heavy atom. The van der Waals surface area contributed by atoms with E-state index in [9.17, 15) is 0 Å². The fourth-order valence-corrected chi connectivity index (χ4v) is 4.11. The van der Waals surface area contributed by atoms with Crippen molar-refractivity contribution in [1.29, 1.82) is 0 Å². The molecule has 3 heterocycles. The lowest BCUT2D eigenvalue weighted by Gasteiger charge is -2.12.